The molecule has 0 aliphatic rings. The zero-order valence-electron chi connectivity index (χ0n) is 17.3. The van der Waals surface area contributed by atoms with Crippen molar-refractivity contribution in [3.8, 4) is 0 Å². The molecule has 0 saturated carbocycles. The average Bonchev–Trinajstić information content (AvgIpc) is 2.67. The van der Waals surface area contributed by atoms with Crippen molar-refractivity contribution < 1.29 is 4.79 Å². The van der Waals surface area contributed by atoms with Gasteiger partial charge in [0, 0.05) is 19.4 Å². The van der Waals surface area contributed by atoms with Gasteiger partial charge in [0.05, 0.1) is 0 Å². The maximum Gasteiger partial charge on any atom is 0.133 e. The summed E-state index contributed by atoms with van der Waals surface area (Å²) in [6.07, 6.45) is 8.24. The van der Waals surface area contributed by atoms with Crippen LogP contribution in [-0.4, -0.2) is 5.78 Å². The molecule has 0 aliphatic carbocycles. The summed E-state index contributed by atoms with van der Waals surface area (Å²) in [6, 6.07) is 8.65. The lowest BCUT2D eigenvalue weighted by Crippen LogP contribution is -2.08. The number of rotatable bonds is 12. The Hall–Kier alpha value is -1.15. The zero-order valence-corrected chi connectivity index (χ0v) is 17.3. The highest BCUT2D eigenvalue weighted by atomic mass is 16.1. The molecule has 1 rings (SSSR count). The van der Waals surface area contributed by atoms with Crippen LogP contribution in [0.25, 0.3) is 0 Å². The third kappa shape index (κ3) is 9.79. The smallest absolute Gasteiger partial charge is 0.133 e. The Labute approximate surface area is 156 Å². The number of nitrogens with two attached hydrogens (primary N) is 1. The molecular weight excluding hydrogens is 306 g/mol. The first-order valence-corrected chi connectivity index (χ1v) is 10.4. The van der Waals surface area contributed by atoms with E-state index in [0.717, 1.165) is 38.5 Å². The number of Topliss-reactive ketones (excluding diaryl/α,β-unsaturated/α-hetero) is 1. The summed E-state index contributed by atoms with van der Waals surface area (Å²) < 4.78 is 0. The molecule has 1 unspecified atom stereocenters. The standard InChI is InChI=1S/C21H35NO.C2H6/c1-4-9-19(20-12-7-10-18(14-20)16-22)11-8-13-21(23)15-17(5-2)6-3;1-2/h7,10,12,14,17,19H,4-6,8-9,11,13,15-16,22H2,1-3H3;1-2H3. The number of hydrogen-bond acceptors (Lipinski definition) is 2. The van der Waals surface area contributed by atoms with E-state index < -0.39 is 0 Å². The normalized spacial score (nSPS) is 11.8. The fourth-order valence-corrected chi connectivity index (χ4v) is 3.35. The Bertz CT molecular complexity index is 451. The summed E-state index contributed by atoms with van der Waals surface area (Å²) in [5, 5.41) is 0. The van der Waals surface area contributed by atoms with E-state index in [1.807, 2.05) is 13.8 Å². The van der Waals surface area contributed by atoms with Gasteiger partial charge in [0.15, 0.2) is 0 Å². The number of carbonyl (C=O) groups excluding carboxylic acids is 1. The minimum atomic E-state index is 0.449. The lowest BCUT2D eigenvalue weighted by Gasteiger charge is -2.18. The molecule has 0 saturated heterocycles. The van der Waals surface area contributed by atoms with Crippen LogP contribution in [0.1, 0.15) is 103 Å². The lowest BCUT2D eigenvalue weighted by atomic mass is 9.87. The van der Waals surface area contributed by atoms with Crippen molar-refractivity contribution in [2.75, 3.05) is 0 Å². The third-order valence-electron chi connectivity index (χ3n) is 4.97. The van der Waals surface area contributed by atoms with Crippen molar-refractivity contribution >= 4 is 5.78 Å². The monoisotopic (exact) mass is 347 g/mol. The van der Waals surface area contributed by atoms with Gasteiger partial charge in [-0.2, -0.15) is 0 Å². The minimum absolute atomic E-state index is 0.449. The Morgan fingerprint density at radius 2 is 1.76 bits per heavy atom. The quantitative estimate of drug-likeness (QED) is 0.461. The predicted molar refractivity (Wildman–Crippen MR) is 111 cm³/mol. The second-order valence-corrected chi connectivity index (χ2v) is 6.75. The summed E-state index contributed by atoms with van der Waals surface area (Å²) in [6.45, 7) is 11.2. The Morgan fingerprint density at radius 3 is 2.32 bits per heavy atom. The lowest BCUT2D eigenvalue weighted by molar-refractivity contribution is -0.120. The van der Waals surface area contributed by atoms with E-state index in [1.54, 1.807) is 0 Å². The van der Waals surface area contributed by atoms with Crippen LogP contribution >= 0.6 is 0 Å². The van der Waals surface area contributed by atoms with Gasteiger partial charge in [-0.25, -0.2) is 0 Å². The number of hydrogen-bond donors (Lipinski definition) is 1. The van der Waals surface area contributed by atoms with Gasteiger partial charge in [-0.1, -0.05) is 78.1 Å². The second kappa shape index (κ2) is 15.1. The van der Waals surface area contributed by atoms with Crippen LogP contribution in [0.15, 0.2) is 24.3 Å². The van der Waals surface area contributed by atoms with E-state index in [1.165, 1.54) is 24.0 Å². The number of benzene rings is 1. The highest BCUT2D eigenvalue weighted by Crippen LogP contribution is 2.28. The van der Waals surface area contributed by atoms with Crippen molar-refractivity contribution in [2.45, 2.75) is 98.4 Å². The Balaban J connectivity index is 0.00000277. The van der Waals surface area contributed by atoms with Crippen LogP contribution < -0.4 is 5.73 Å². The van der Waals surface area contributed by atoms with Gasteiger partial charge in [0.1, 0.15) is 5.78 Å². The first-order valence-electron chi connectivity index (χ1n) is 10.4. The Kier molecular flexibility index (Phi) is 14.4. The molecule has 1 aromatic rings. The summed E-state index contributed by atoms with van der Waals surface area (Å²) in [5.74, 6) is 1.59. The second-order valence-electron chi connectivity index (χ2n) is 6.75. The van der Waals surface area contributed by atoms with Crippen LogP contribution in [0.4, 0.5) is 0 Å². The third-order valence-corrected chi connectivity index (χ3v) is 4.97. The molecule has 0 radical (unpaired) electrons. The van der Waals surface area contributed by atoms with E-state index in [0.29, 0.717) is 24.2 Å². The molecule has 0 aromatic heterocycles. The molecule has 1 aromatic carbocycles. The molecule has 0 spiro atoms. The molecule has 2 N–H and O–H groups in total. The van der Waals surface area contributed by atoms with Gasteiger partial charge in [-0.15, -0.1) is 0 Å². The van der Waals surface area contributed by atoms with Crippen LogP contribution in [0.3, 0.4) is 0 Å². The van der Waals surface area contributed by atoms with Gasteiger partial charge < -0.3 is 5.73 Å². The molecular formula is C23H41NO. The van der Waals surface area contributed by atoms with Gasteiger partial charge in [0.2, 0.25) is 0 Å². The van der Waals surface area contributed by atoms with Gasteiger partial charge in [0.25, 0.3) is 0 Å². The van der Waals surface area contributed by atoms with E-state index in [-0.39, 0.29) is 0 Å². The highest BCUT2D eigenvalue weighted by molar-refractivity contribution is 5.78. The van der Waals surface area contributed by atoms with Gasteiger partial charge in [-0.3, -0.25) is 4.79 Å². The summed E-state index contributed by atoms with van der Waals surface area (Å²) in [5.41, 5.74) is 8.35. The average molecular weight is 348 g/mol. The first-order chi connectivity index (χ1) is 12.1. The van der Waals surface area contributed by atoms with Crippen molar-refractivity contribution in [2.24, 2.45) is 11.7 Å². The van der Waals surface area contributed by atoms with Crippen molar-refractivity contribution in [3.05, 3.63) is 35.4 Å². The van der Waals surface area contributed by atoms with Crippen LogP contribution in [0.5, 0.6) is 0 Å². The molecule has 2 heteroatoms. The molecule has 144 valence electrons. The summed E-state index contributed by atoms with van der Waals surface area (Å²) >= 11 is 0. The van der Waals surface area contributed by atoms with Gasteiger partial charge >= 0.3 is 0 Å². The van der Waals surface area contributed by atoms with Crippen molar-refractivity contribution in [3.63, 3.8) is 0 Å². The Morgan fingerprint density at radius 1 is 1.08 bits per heavy atom. The van der Waals surface area contributed by atoms with E-state index in [4.69, 9.17) is 5.73 Å². The van der Waals surface area contributed by atoms with E-state index >= 15 is 0 Å². The molecule has 0 heterocycles. The maximum atomic E-state index is 12.1. The molecule has 25 heavy (non-hydrogen) atoms. The zero-order chi connectivity index (χ0) is 19.1. The van der Waals surface area contributed by atoms with Crippen LogP contribution in [-0.2, 0) is 11.3 Å². The van der Waals surface area contributed by atoms with Gasteiger partial charge in [-0.05, 0) is 42.2 Å². The van der Waals surface area contributed by atoms with Crippen molar-refractivity contribution in [1.82, 2.24) is 0 Å². The topological polar surface area (TPSA) is 43.1 Å². The SMILES string of the molecule is CC.CCCC(CCCC(=O)CC(CC)CC)c1cccc(CN)c1. The van der Waals surface area contributed by atoms with Crippen molar-refractivity contribution in [1.29, 1.82) is 0 Å². The molecule has 0 fully saturated rings. The van der Waals surface area contributed by atoms with E-state index in [2.05, 4.69) is 45.0 Å². The van der Waals surface area contributed by atoms with Crippen LogP contribution in [0.2, 0.25) is 0 Å². The molecule has 1 atom stereocenters. The summed E-state index contributed by atoms with van der Waals surface area (Å²) in [7, 11) is 0. The van der Waals surface area contributed by atoms with E-state index in [9.17, 15) is 4.79 Å². The largest absolute Gasteiger partial charge is 0.326 e. The summed E-state index contributed by atoms with van der Waals surface area (Å²) in [4.78, 5) is 12.1. The fraction of sp³-hybridized carbons (Fsp3) is 0.696. The molecule has 0 amide bonds. The van der Waals surface area contributed by atoms with Crippen LogP contribution in [0, 0.1) is 5.92 Å². The first kappa shape index (κ1) is 23.9. The molecule has 0 bridgehead atoms. The molecule has 2 nitrogen and oxygen atoms in total. The maximum absolute atomic E-state index is 12.1. The minimum Gasteiger partial charge on any atom is -0.326 e. The highest BCUT2D eigenvalue weighted by Gasteiger charge is 2.14. The number of carbonyl (C=O) groups is 1. The fourth-order valence-electron chi connectivity index (χ4n) is 3.35. The predicted octanol–water partition coefficient (Wildman–Crippen LogP) is 6.62. The molecule has 0 aliphatic heterocycles. The number of ketones is 1.